The van der Waals surface area contributed by atoms with E-state index in [0.717, 1.165) is 11.5 Å². The third-order valence-electron chi connectivity index (χ3n) is 4.08. The molecule has 138 valence electrons. The first-order valence-electron chi connectivity index (χ1n) is 8.48. The van der Waals surface area contributed by atoms with Crippen LogP contribution in [-0.2, 0) is 13.6 Å². The van der Waals surface area contributed by atoms with Crippen molar-refractivity contribution < 1.29 is 9.59 Å². The summed E-state index contributed by atoms with van der Waals surface area (Å²) in [6, 6.07) is 15.7. The van der Waals surface area contributed by atoms with Crippen molar-refractivity contribution in [2.75, 3.05) is 17.7 Å². The van der Waals surface area contributed by atoms with Crippen molar-refractivity contribution in [2.45, 2.75) is 6.54 Å². The van der Waals surface area contributed by atoms with Gasteiger partial charge in [0.1, 0.15) is 5.82 Å². The van der Waals surface area contributed by atoms with E-state index in [1.165, 1.54) is 0 Å². The van der Waals surface area contributed by atoms with E-state index in [0.29, 0.717) is 17.8 Å². The summed E-state index contributed by atoms with van der Waals surface area (Å²) in [4.78, 5) is 30.3. The van der Waals surface area contributed by atoms with E-state index in [9.17, 15) is 9.59 Å². The molecule has 0 fully saturated rings. The molecule has 0 spiro atoms. The standard InChI is InChI=1S/C20H21N5O2/c1-24-13-12-21-18(24)14-25(2)20(27)23-17-10-8-15(9-11-17)19(26)22-16-6-4-3-5-7-16/h3-13H,14H2,1-2H3,(H,22,26)(H,23,27). The molecule has 2 N–H and O–H groups in total. The maximum absolute atomic E-state index is 12.3. The lowest BCUT2D eigenvalue weighted by molar-refractivity contribution is 0.102. The molecule has 0 saturated carbocycles. The van der Waals surface area contributed by atoms with Crippen LogP contribution in [0.3, 0.4) is 0 Å². The van der Waals surface area contributed by atoms with Crippen molar-refractivity contribution in [1.82, 2.24) is 14.5 Å². The largest absolute Gasteiger partial charge is 0.337 e. The fourth-order valence-corrected chi connectivity index (χ4v) is 2.48. The van der Waals surface area contributed by atoms with Gasteiger partial charge in [-0.3, -0.25) is 4.79 Å². The number of carbonyl (C=O) groups is 2. The Kier molecular flexibility index (Phi) is 5.51. The number of hydrogen-bond acceptors (Lipinski definition) is 3. The van der Waals surface area contributed by atoms with Crippen LogP contribution in [-0.4, -0.2) is 33.4 Å². The van der Waals surface area contributed by atoms with Crippen LogP contribution in [0.2, 0.25) is 0 Å². The fraction of sp³-hybridized carbons (Fsp3) is 0.150. The number of para-hydroxylation sites is 1. The number of aryl methyl sites for hydroxylation is 1. The normalized spacial score (nSPS) is 10.3. The highest BCUT2D eigenvalue weighted by Gasteiger charge is 2.12. The summed E-state index contributed by atoms with van der Waals surface area (Å²) in [5.74, 6) is 0.589. The topological polar surface area (TPSA) is 79.3 Å². The van der Waals surface area contributed by atoms with E-state index in [4.69, 9.17) is 0 Å². The fourth-order valence-electron chi connectivity index (χ4n) is 2.48. The smallest absolute Gasteiger partial charge is 0.321 e. The van der Waals surface area contributed by atoms with Gasteiger partial charge in [-0.1, -0.05) is 18.2 Å². The maximum atomic E-state index is 12.3. The van der Waals surface area contributed by atoms with Crippen LogP contribution in [0.25, 0.3) is 0 Å². The van der Waals surface area contributed by atoms with Crippen LogP contribution in [0.5, 0.6) is 0 Å². The monoisotopic (exact) mass is 363 g/mol. The molecule has 3 rings (SSSR count). The first-order chi connectivity index (χ1) is 13.0. The summed E-state index contributed by atoms with van der Waals surface area (Å²) in [5, 5.41) is 5.63. The minimum absolute atomic E-state index is 0.203. The van der Waals surface area contributed by atoms with Crippen LogP contribution in [0, 0.1) is 0 Å². The molecule has 2 aromatic carbocycles. The number of nitrogens with zero attached hydrogens (tertiary/aromatic N) is 3. The second-order valence-corrected chi connectivity index (χ2v) is 6.14. The Morgan fingerprint density at radius 3 is 2.30 bits per heavy atom. The van der Waals surface area contributed by atoms with Crippen molar-refractivity contribution in [3.05, 3.63) is 78.4 Å². The molecule has 0 aliphatic carbocycles. The molecule has 7 nitrogen and oxygen atoms in total. The van der Waals surface area contributed by atoms with Crippen LogP contribution in [0.4, 0.5) is 16.2 Å². The van der Waals surface area contributed by atoms with Gasteiger partial charge in [-0.2, -0.15) is 0 Å². The molecule has 3 amide bonds. The van der Waals surface area contributed by atoms with E-state index < -0.39 is 0 Å². The highest BCUT2D eigenvalue weighted by atomic mass is 16.2. The number of anilines is 2. The van der Waals surface area contributed by atoms with Gasteiger partial charge >= 0.3 is 6.03 Å². The molecule has 0 aliphatic rings. The third-order valence-corrected chi connectivity index (χ3v) is 4.08. The summed E-state index contributed by atoms with van der Waals surface area (Å²) < 4.78 is 1.87. The van der Waals surface area contributed by atoms with Crippen LogP contribution in [0.1, 0.15) is 16.2 Å². The molecule has 0 unspecified atom stereocenters. The van der Waals surface area contributed by atoms with Crippen molar-refractivity contribution in [1.29, 1.82) is 0 Å². The van der Waals surface area contributed by atoms with Crippen LogP contribution < -0.4 is 10.6 Å². The summed E-state index contributed by atoms with van der Waals surface area (Å²) in [6.07, 6.45) is 3.53. The summed E-state index contributed by atoms with van der Waals surface area (Å²) in [7, 11) is 3.58. The van der Waals surface area contributed by atoms with E-state index in [2.05, 4.69) is 15.6 Å². The Balaban J connectivity index is 1.57. The van der Waals surface area contributed by atoms with Gasteiger partial charge in [-0.15, -0.1) is 0 Å². The predicted molar refractivity (Wildman–Crippen MR) is 105 cm³/mol. The average molecular weight is 363 g/mol. The molecule has 0 bridgehead atoms. The van der Waals surface area contributed by atoms with E-state index in [-0.39, 0.29) is 11.9 Å². The molecule has 0 radical (unpaired) electrons. The van der Waals surface area contributed by atoms with Gasteiger partial charge in [-0.25, -0.2) is 9.78 Å². The van der Waals surface area contributed by atoms with Gasteiger partial charge in [-0.05, 0) is 36.4 Å². The summed E-state index contributed by atoms with van der Waals surface area (Å²) >= 11 is 0. The highest BCUT2D eigenvalue weighted by molar-refractivity contribution is 6.04. The number of amides is 3. The number of hydrogen-bond donors (Lipinski definition) is 2. The summed E-state index contributed by atoms with van der Waals surface area (Å²) in [6.45, 7) is 0.396. The number of aromatic nitrogens is 2. The Morgan fingerprint density at radius 2 is 1.67 bits per heavy atom. The van der Waals surface area contributed by atoms with Gasteiger partial charge in [0.2, 0.25) is 0 Å². The van der Waals surface area contributed by atoms with Crippen molar-refractivity contribution in [3.63, 3.8) is 0 Å². The van der Waals surface area contributed by atoms with Crippen molar-refractivity contribution in [2.24, 2.45) is 7.05 Å². The van der Waals surface area contributed by atoms with Gasteiger partial charge in [0.05, 0.1) is 6.54 Å². The molecular formula is C20H21N5O2. The summed E-state index contributed by atoms with van der Waals surface area (Å²) in [5.41, 5.74) is 1.86. The lowest BCUT2D eigenvalue weighted by atomic mass is 10.2. The quantitative estimate of drug-likeness (QED) is 0.730. The van der Waals surface area contributed by atoms with Gasteiger partial charge in [0, 0.05) is 43.4 Å². The molecule has 1 heterocycles. The van der Waals surface area contributed by atoms with E-state index in [1.807, 2.05) is 48.1 Å². The van der Waals surface area contributed by atoms with E-state index in [1.54, 1.807) is 42.4 Å². The SMILES string of the molecule is CN(Cc1nccn1C)C(=O)Nc1ccc(C(=O)Nc2ccccc2)cc1. The molecule has 0 aliphatic heterocycles. The second-order valence-electron chi connectivity index (χ2n) is 6.14. The first kappa shape index (κ1) is 18.2. The molecule has 0 saturated heterocycles. The van der Waals surface area contributed by atoms with Crippen molar-refractivity contribution in [3.8, 4) is 0 Å². The minimum atomic E-state index is -0.250. The third kappa shape index (κ3) is 4.72. The predicted octanol–water partition coefficient (Wildman–Crippen LogP) is 3.34. The molecule has 7 heteroatoms. The molecule has 3 aromatic rings. The average Bonchev–Trinajstić information content (AvgIpc) is 3.07. The van der Waals surface area contributed by atoms with E-state index >= 15 is 0 Å². The molecule has 0 atom stereocenters. The second kappa shape index (κ2) is 8.18. The zero-order valence-electron chi connectivity index (χ0n) is 15.2. The number of imidazole rings is 1. The van der Waals surface area contributed by atoms with Crippen LogP contribution >= 0.6 is 0 Å². The Labute approximate surface area is 157 Å². The molecule has 1 aromatic heterocycles. The van der Waals surface area contributed by atoms with Crippen molar-refractivity contribution >= 4 is 23.3 Å². The Hall–Kier alpha value is -3.61. The molecule has 27 heavy (non-hydrogen) atoms. The maximum Gasteiger partial charge on any atom is 0.321 e. The van der Waals surface area contributed by atoms with Gasteiger partial charge < -0.3 is 20.1 Å². The minimum Gasteiger partial charge on any atom is -0.337 e. The Bertz CT molecular complexity index is 919. The number of benzene rings is 2. The number of carbonyl (C=O) groups excluding carboxylic acids is 2. The Morgan fingerprint density at radius 1 is 1.00 bits per heavy atom. The number of urea groups is 1. The zero-order chi connectivity index (χ0) is 19.2. The first-order valence-corrected chi connectivity index (χ1v) is 8.48. The number of rotatable bonds is 5. The highest BCUT2D eigenvalue weighted by Crippen LogP contribution is 2.13. The lowest BCUT2D eigenvalue weighted by Gasteiger charge is -2.17. The number of nitrogens with one attached hydrogen (secondary N) is 2. The zero-order valence-corrected chi connectivity index (χ0v) is 15.2. The van der Waals surface area contributed by atoms with Gasteiger partial charge in [0.15, 0.2) is 0 Å². The van der Waals surface area contributed by atoms with Crippen LogP contribution in [0.15, 0.2) is 67.0 Å². The van der Waals surface area contributed by atoms with Gasteiger partial charge in [0.25, 0.3) is 5.91 Å². The lowest BCUT2D eigenvalue weighted by Crippen LogP contribution is -2.31. The molecular weight excluding hydrogens is 342 g/mol.